The third-order valence-corrected chi connectivity index (χ3v) is 3.60. The molecule has 0 radical (unpaired) electrons. The average molecular weight is 163 g/mol. The molecule has 0 aromatic heterocycles. The van der Waals surface area contributed by atoms with E-state index in [0.717, 1.165) is 0 Å². The summed E-state index contributed by atoms with van der Waals surface area (Å²) in [6.07, 6.45) is -1.09. The number of aliphatic hydroxyl groups excluding tert-OH is 1. The van der Waals surface area contributed by atoms with Gasteiger partial charge in [0.25, 0.3) is 0 Å². The van der Waals surface area contributed by atoms with Gasteiger partial charge in [0.05, 0.1) is 19.3 Å². The van der Waals surface area contributed by atoms with E-state index in [1.54, 1.807) is 18.7 Å². The van der Waals surface area contributed by atoms with Crippen LogP contribution in [0.15, 0.2) is 0 Å². The van der Waals surface area contributed by atoms with E-state index >= 15 is 0 Å². The van der Waals surface area contributed by atoms with Gasteiger partial charge in [-0.25, -0.2) is 0 Å². The summed E-state index contributed by atoms with van der Waals surface area (Å²) in [6, 6.07) is 0. The van der Waals surface area contributed by atoms with Crippen molar-refractivity contribution in [2.45, 2.75) is 30.3 Å². The van der Waals surface area contributed by atoms with Crippen LogP contribution in [0.3, 0.4) is 0 Å². The topological polar surface area (TPSA) is 29.5 Å². The Labute approximate surface area is 67.8 Å². The lowest BCUT2D eigenvalue weighted by Gasteiger charge is -2.25. The maximum absolute atomic E-state index is 9.73. The minimum absolute atomic E-state index is 0.141. The highest BCUT2D eigenvalue weighted by atomic mass is 32.2. The second kappa shape index (κ2) is 2.13. The highest BCUT2D eigenvalue weighted by Crippen LogP contribution is 2.45. The van der Waals surface area contributed by atoms with Crippen LogP contribution >= 0.6 is 11.8 Å². The van der Waals surface area contributed by atoms with Gasteiger partial charge in [-0.05, 0) is 6.40 Å². The molecule has 2 rings (SSSR count). The zero-order valence-corrected chi connectivity index (χ0v) is 6.60. The first-order valence-electron chi connectivity index (χ1n) is 4.55. The highest BCUT2D eigenvalue weighted by molar-refractivity contribution is 8.00. The third kappa shape index (κ3) is 0.684. The summed E-state index contributed by atoms with van der Waals surface area (Å²) in [4.78, 5) is 0. The fourth-order valence-electron chi connectivity index (χ4n) is 1.41. The summed E-state index contributed by atoms with van der Waals surface area (Å²) in [5.41, 5.74) is -0.762. The van der Waals surface area contributed by atoms with Crippen LogP contribution < -0.4 is 0 Å². The van der Waals surface area contributed by atoms with Crippen LogP contribution in [0.2, 0.25) is 0 Å². The number of thioether (sulfide) groups is 1. The molecule has 2 aliphatic rings. The molecule has 2 bridgehead atoms. The molecule has 0 aromatic carbocycles. The van der Waals surface area contributed by atoms with E-state index in [1.165, 1.54) is 0 Å². The Morgan fingerprint density at radius 2 is 3.00 bits per heavy atom. The molecule has 2 saturated heterocycles. The highest BCUT2D eigenvalue weighted by Gasteiger charge is 2.53. The third-order valence-electron chi connectivity index (χ3n) is 2.22. The quantitative estimate of drug-likeness (QED) is 0.615. The molecule has 3 heteroatoms. The molecule has 0 spiro atoms. The molecular formula is C7H12O2S. The van der Waals surface area contributed by atoms with Crippen molar-refractivity contribution in [1.82, 2.24) is 0 Å². The zero-order chi connectivity index (χ0) is 8.93. The normalized spacial score (nSPS) is 65.6. The van der Waals surface area contributed by atoms with Gasteiger partial charge >= 0.3 is 0 Å². The molecule has 58 valence electrons. The van der Waals surface area contributed by atoms with E-state index in [4.69, 9.17) is 7.48 Å². The molecule has 0 aromatic rings. The number of hydrogen-bond donors (Lipinski definition) is 1. The van der Waals surface area contributed by atoms with Crippen molar-refractivity contribution in [3.63, 3.8) is 0 Å². The second-order valence-corrected chi connectivity index (χ2v) is 3.88. The van der Waals surface area contributed by atoms with Crippen LogP contribution in [-0.4, -0.2) is 34.4 Å². The van der Waals surface area contributed by atoms with Gasteiger partial charge in [-0.2, -0.15) is 11.8 Å². The zero-order valence-electron chi connectivity index (χ0n) is 7.78. The predicted octanol–water partition coefficient (Wildman–Crippen LogP) is 0.642. The SMILES string of the molecule is [2H][C@@H](C)[C@@]12CS[C@@H]([C@@H]([3H])O1)[C@@H]2O. The van der Waals surface area contributed by atoms with Gasteiger partial charge in [-0.15, -0.1) is 0 Å². The molecule has 2 fully saturated rings. The van der Waals surface area contributed by atoms with Crippen LogP contribution in [-0.2, 0) is 4.74 Å². The van der Waals surface area contributed by atoms with Crippen LogP contribution in [0.25, 0.3) is 0 Å². The molecule has 2 heterocycles. The lowest BCUT2D eigenvalue weighted by atomic mass is 9.97. The summed E-state index contributed by atoms with van der Waals surface area (Å²) < 4.78 is 20.4. The van der Waals surface area contributed by atoms with Crippen molar-refractivity contribution in [3.8, 4) is 0 Å². The smallest absolute Gasteiger partial charge is 0.104 e. The maximum atomic E-state index is 9.73. The predicted molar refractivity (Wildman–Crippen MR) is 41.2 cm³/mol. The van der Waals surface area contributed by atoms with Gasteiger partial charge in [0.1, 0.15) is 5.60 Å². The number of fused-ring (bicyclic) bond motifs is 2. The Bertz CT molecular complexity index is 202. The molecule has 10 heavy (non-hydrogen) atoms. The van der Waals surface area contributed by atoms with Gasteiger partial charge in [-0.3, -0.25) is 0 Å². The Hall–Kier alpha value is 0.270. The van der Waals surface area contributed by atoms with E-state index in [2.05, 4.69) is 0 Å². The van der Waals surface area contributed by atoms with E-state index in [-0.39, 0.29) is 5.25 Å². The van der Waals surface area contributed by atoms with Crippen molar-refractivity contribution in [1.29, 1.82) is 0 Å². The lowest BCUT2D eigenvalue weighted by molar-refractivity contribution is -0.0393. The van der Waals surface area contributed by atoms with E-state index < -0.39 is 24.7 Å². The Morgan fingerprint density at radius 1 is 2.20 bits per heavy atom. The molecule has 2 aliphatic heterocycles. The number of rotatable bonds is 1. The van der Waals surface area contributed by atoms with Gasteiger partial charge < -0.3 is 9.84 Å². The fraction of sp³-hybridized carbons (Fsp3) is 1.00. The van der Waals surface area contributed by atoms with Crippen molar-refractivity contribution < 1.29 is 12.6 Å². The van der Waals surface area contributed by atoms with Crippen LogP contribution in [0.5, 0.6) is 0 Å². The van der Waals surface area contributed by atoms with E-state index in [0.29, 0.717) is 5.75 Å². The largest absolute Gasteiger partial charge is 0.389 e. The van der Waals surface area contributed by atoms with Crippen LogP contribution in [0.4, 0.5) is 0 Å². The average Bonchev–Trinajstić information content (AvgIpc) is 2.42. The number of hydrogen-bond acceptors (Lipinski definition) is 3. The lowest BCUT2D eigenvalue weighted by Crippen LogP contribution is -2.38. The monoisotopic (exact) mass is 163 g/mol. The minimum atomic E-state index is -0.762. The Kier molecular flexibility index (Phi) is 1.07. The number of ether oxygens (including phenoxy) is 1. The van der Waals surface area contributed by atoms with Crippen molar-refractivity contribution in [2.75, 3.05) is 12.3 Å². The summed E-state index contributed by atoms with van der Waals surface area (Å²) in [7, 11) is 0. The molecular weight excluding hydrogens is 148 g/mol. The van der Waals surface area contributed by atoms with Crippen molar-refractivity contribution >= 4 is 11.8 Å². The first-order valence-corrected chi connectivity index (χ1v) is 4.45. The van der Waals surface area contributed by atoms with Gasteiger partial charge in [0.2, 0.25) is 0 Å². The maximum Gasteiger partial charge on any atom is 0.104 e. The van der Waals surface area contributed by atoms with Crippen LogP contribution in [0, 0.1) is 0 Å². The van der Waals surface area contributed by atoms with Gasteiger partial charge in [0.15, 0.2) is 0 Å². The molecule has 0 amide bonds. The molecule has 0 saturated carbocycles. The summed E-state index contributed by atoms with van der Waals surface area (Å²) in [5.74, 6) is 0.652. The van der Waals surface area contributed by atoms with Crippen molar-refractivity contribution in [2.24, 2.45) is 0 Å². The second-order valence-electron chi connectivity index (χ2n) is 2.72. The molecule has 0 aliphatic carbocycles. The van der Waals surface area contributed by atoms with Gasteiger partial charge in [-0.1, -0.05) is 6.92 Å². The summed E-state index contributed by atoms with van der Waals surface area (Å²) in [5, 5.41) is 9.59. The summed E-state index contributed by atoms with van der Waals surface area (Å²) >= 11 is 1.55. The molecule has 1 N–H and O–H groups in total. The Morgan fingerprint density at radius 3 is 3.30 bits per heavy atom. The first kappa shape index (κ1) is 5.01. The fourth-order valence-corrected chi connectivity index (χ4v) is 2.82. The Balaban J connectivity index is 2.27. The molecule has 2 nitrogen and oxygen atoms in total. The molecule has 0 unspecified atom stereocenters. The number of aliphatic hydroxyl groups is 1. The summed E-state index contributed by atoms with van der Waals surface area (Å²) in [6.45, 7) is 1.07. The standard InChI is InChI=1S/C7H12O2S/c1-2-7-4-10-5(3-9-7)6(7)8/h5-6,8H,2-4H2,1H3/t5-,6-,7-/m0/s1/i2D,3T/t2-,3+,5-,6-,7-. The first-order chi connectivity index (χ1) is 5.58. The van der Waals surface area contributed by atoms with E-state index in [9.17, 15) is 5.11 Å². The van der Waals surface area contributed by atoms with Gasteiger partial charge in [0, 0.05) is 7.12 Å². The van der Waals surface area contributed by atoms with Crippen LogP contribution in [0.1, 0.15) is 16.1 Å². The minimum Gasteiger partial charge on any atom is -0.389 e. The van der Waals surface area contributed by atoms with Crippen molar-refractivity contribution in [3.05, 3.63) is 0 Å². The van der Waals surface area contributed by atoms with E-state index in [1.807, 2.05) is 0 Å². The molecule has 5 atom stereocenters.